The summed E-state index contributed by atoms with van der Waals surface area (Å²) in [6, 6.07) is 6.01. The van der Waals surface area contributed by atoms with Gasteiger partial charge >= 0.3 is 5.97 Å². The molecule has 0 unspecified atom stereocenters. The van der Waals surface area contributed by atoms with E-state index < -0.39 is 0 Å². The molecule has 0 radical (unpaired) electrons. The molecule has 0 saturated heterocycles. The molecule has 0 bridgehead atoms. The minimum Gasteiger partial charge on any atom is -0.464 e. The summed E-state index contributed by atoms with van der Waals surface area (Å²) >= 11 is 0. The molecule has 1 aromatic rings. The van der Waals surface area contributed by atoms with Crippen LogP contribution in [-0.2, 0) is 20.8 Å². The quantitative estimate of drug-likeness (QED) is 0.479. The number of nitriles is 1. The molecule has 6 heteroatoms. The molecule has 0 aliphatic carbocycles. The molecule has 0 atom stereocenters. The van der Waals surface area contributed by atoms with Crippen LogP contribution in [0.2, 0.25) is 0 Å². The zero-order chi connectivity index (χ0) is 15.3. The maximum Gasteiger partial charge on any atom is 0.332 e. The fraction of sp³-hybridized carbons (Fsp3) is 0.533. The van der Waals surface area contributed by atoms with Gasteiger partial charge in [-0.15, -0.1) is 0 Å². The Kier molecular flexibility index (Phi) is 8.76. The number of carbonyl (C=O) groups excluding carboxylic acids is 1. The SMILES string of the molecule is CCOC(=O)COCCN(CCC#N)Cc1cccnc1. The lowest BCUT2D eigenvalue weighted by atomic mass is 10.2. The smallest absolute Gasteiger partial charge is 0.332 e. The van der Waals surface area contributed by atoms with Gasteiger partial charge in [0, 0.05) is 38.4 Å². The van der Waals surface area contributed by atoms with Gasteiger partial charge < -0.3 is 9.47 Å². The molecule has 0 saturated carbocycles. The second-order valence-corrected chi connectivity index (χ2v) is 4.40. The van der Waals surface area contributed by atoms with Gasteiger partial charge in [0.15, 0.2) is 0 Å². The molecule has 6 nitrogen and oxygen atoms in total. The minimum absolute atomic E-state index is 0.0349. The number of pyridine rings is 1. The van der Waals surface area contributed by atoms with Crippen LogP contribution in [0.5, 0.6) is 0 Å². The van der Waals surface area contributed by atoms with E-state index in [1.165, 1.54) is 0 Å². The van der Waals surface area contributed by atoms with Crippen LogP contribution in [0.15, 0.2) is 24.5 Å². The molecule has 0 aliphatic rings. The average molecular weight is 291 g/mol. The Bertz CT molecular complexity index is 445. The average Bonchev–Trinajstić information content (AvgIpc) is 2.50. The summed E-state index contributed by atoms with van der Waals surface area (Å²) in [5.41, 5.74) is 1.08. The maximum atomic E-state index is 11.1. The first-order valence-corrected chi connectivity index (χ1v) is 6.97. The number of ether oxygens (including phenoxy) is 2. The predicted octanol–water partition coefficient (Wildman–Crippen LogP) is 1.38. The highest BCUT2D eigenvalue weighted by Gasteiger charge is 2.07. The van der Waals surface area contributed by atoms with Crippen molar-refractivity contribution in [3.63, 3.8) is 0 Å². The lowest BCUT2D eigenvalue weighted by Gasteiger charge is -2.20. The number of rotatable bonds is 10. The molecule has 114 valence electrons. The Morgan fingerprint density at radius 3 is 3.00 bits per heavy atom. The van der Waals surface area contributed by atoms with Gasteiger partial charge in [-0.05, 0) is 18.6 Å². The predicted molar refractivity (Wildman–Crippen MR) is 77.2 cm³/mol. The molecule has 0 aromatic carbocycles. The molecular formula is C15H21N3O3. The van der Waals surface area contributed by atoms with Crippen LogP contribution >= 0.6 is 0 Å². The van der Waals surface area contributed by atoms with Crippen LogP contribution in [0, 0.1) is 11.3 Å². The van der Waals surface area contributed by atoms with Gasteiger partial charge in [-0.3, -0.25) is 9.88 Å². The molecule has 1 aromatic heterocycles. The topological polar surface area (TPSA) is 75.5 Å². The van der Waals surface area contributed by atoms with E-state index in [9.17, 15) is 4.79 Å². The summed E-state index contributed by atoms with van der Waals surface area (Å²) in [4.78, 5) is 17.3. The van der Waals surface area contributed by atoms with Crippen LogP contribution in [0.4, 0.5) is 0 Å². The number of hydrogen-bond acceptors (Lipinski definition) is 6. The summed E-state index contributed by atoms with van der Waals surface area (Å²) < 4.78 is 10.1. The third kappa shape index (κ3) is 8.02. The lowest BCUT2D eigenvalue weighted by Crippen LogP contribution is -2.29. The number of hydrogen-bond donors (Lipinski definition) is 0. The van der Waals surface area contributed by atoms with Crippen molar-refractivity contribution in [3.8, 4) is 6.07 Å². The molecule has 21 heavy (non-hydrogen) atoms. The van der Waals surface area contributed by atoms with E-state index in [1.807, 2.05) is 12.1 Å². The summed E-state index contributed by atoms with van der Waals surface area (Å²) in [6.45, 7) is 4.52. The van der Waals surface area contributed by atoms with E-state index in [0.717, 1.165) is 5.56 Å². The van der Waals surface area contributed by atoms with Gasteiger partial charge in [0.05, 0.1) is 19.3 Å². The van der Waals surface area contributed by atoms with Crippen molar-refractivity contribution in [3.05, 3.63) is 30.1 Å². The van der Waals surface area contributed by atoms with Gasteiger partial charge in [-0.2, -0.15) is 5.26 Å². The van der Waals surface area contributed by atoms with Crippen molar-refractivity contribution in [1.29, 1.82) is 5.26 Å². The Morgan fingerprint density at radius 1 is 1.48 bits per heavy atom. The van der Waals surface area contributed by atoms with E-state index in [2.05, 4.69) is 16.0 Å². The largest absolute Gasteiger partial charge is 0.464 e. The molecule has 0 spiro atoms. The van der Waals surface area contributed by atoms with Gasteiger partial charge in [-0.1, -0.05) is 6.07 Å². The van der Waals surface area contributed by atoms with Crippen molar-refractivity contribution in [2.75, 3.05) is 32.9 Å². The highest BCUT2D eigenvalue weighted by Crippen LogP contribution is 2.03. The van der Waals surface area contributed by atoms with Gasteiger partial charge in [0.25, 0.3) is 0 Å². The minimum atomic E-state index is -0.353. The highest BCUT2D eigenvalue weighted by atomic mass is 16.6. The van der Waals surface area contributed by atoms with E-state index >= 15 is 0 Å². The van der Waals surface area contributed by atoms with Crippen molar-refractivity contribution in [2.45, 2.75) is 19.9 Å². The molecule has 0 aliphatic heterocycles. The van der Waals surface area contributed by atoms with E-state index in [0.29, 0.717) is 39.3 Å². The second-order valence-electron chi connectivity index (χ2n) is 4.40. The van der Waals surface area contributed by atoms with Crippen LogP contribution in [0.1, 0.15) is 18.9 Å². The highest BCUT2D eigenvalue weighted by molar-refractivity contribution is 5.70. The molecule has 1 heterocycles. The summed E-state index contributed by atoms with van der Waals surface area (Å²) in [5.74, 6) is -0.353. The standard InChI is InChI=1S/C15H21N3O3/c1-2-21-15(19)13-20-10-9-18(8-4-6-16)12-14-5-3-7-17-11-14/h3,5,7,11H,2,4,8-10,12-13H2,1H3. The Balaban J connectivity index is 2.33. The monoisotopic (exact) mass is 291 g/mol. The first-order chi connectivity index (χ1) is 10.3. The second kappa shape index (κ2) is 10.8. The van der Waals surface area contributed by atoms with Gasteiger partial charge in [0.1, 0.15) is 6.61 Å². The zero-order valence-corrected chi connectivity index (χ0v) is 12.3. The fourth-order valence-corrected chi connectivity index (χ4v) is 1.78. The number of nitrogens with zero attached hydrogens (tertiary/aromatic N) is 3. The summed E-state index contributed by atoms with van der Waals surface area (Å²) in [7, 11) is 0. The number of esters is 1. The number of aromatic nitrogens is 1. The molecule has 0 N–H and O–H groups in total. The molecule has 0 amide bonds. The normalized spacial score (nSPS) is 10.3. The Labute approximate surface area is 125 Å². The third-order valence-electron chi connectivity index (χ3n) is 2.75. The summed E-state index contributed by atoms with van der Waals surface area (Å²) in [6.07, 6.45) is 3.99. The first-order valence-electron chi connectivity index (χ1n) is 6.97. The van der Waals surface area contributed by atoms with Gasteiger partial charge in [0.2, 0.25) is 0 Å². The number of carbonyl (C=O) groups is 1. The van der Waals surface area contributed by atoms with Crippen LogP contribution < -0.4 is 0 Å². The fourth-order valence-electron chi connectivity index (χ4n) is 1.78. The summed E-state index contributed by atoms with van der Waals surface area (Å²) in [5, 5.41) is 8.70. The third-order valence-corrected chi connectivity index (χ3v) is 2.75. The van der Waals surface area contributed by atoms with E-state index in [4.69, 9.17) is 14.7 Å². The lowest BCUT2D eigenvalue weighted by molar-refractivity contribution is -0.148. The van der Waals surface area contributed by atoms with Crippen molar-refractivity contribution >= 4 is 5.97 Å². The molecular weight excluding hydrogens is 270 g/mol. The maximum absolute atomic E-state index is 11.1. The zero-order valence-electron chi connectivity index (χ0n) is 12.3. The van der Waals surface area contributed by atoms with Crippen molar-refractivity contribution in [2.24, 2.45) is 0 Å². The van der Waals surface area contributed by atoms with E-state index in [-0.39, 0.29) is 12.6 Å². The Morgan fingerprint density at radius 2 is 2.33 bits per heavy atom. The molecule has 0 fully saturated rings. The van der Waals surface area contributed by atoms with Crippen LogP contribution in [0.3, 0.4) is 0 Å². The van der Waals surface area contributed by atoms with Crippen LogP contribution in [-0.4, -0.2) is 48.8 Å². The van der Waals surface area contributed by atoms with E-state index in [1.54, 1.807) is 19.3 Å². The Hall–Kier alpha value is -1.97. The molecule has 1 rings (SSSR count). The van der Waals surface area contributed by atoms with Crippen LogP contribution in [0.25, 0.3) is 0 Å². The first kappa shape index (κ1) is 17.1. The van der Waals surface area contributed by atoms with Crippen molar-refractivity contribution < 1.29 is 14.3 Å². The van der Waals surface area contributed by atoms with Gasteiger partial charge in [-0.25, -0.2) is 4.79 Å². The van der Waals surface area contributed by atoms with Crippen molar-refractivity contribution in [1.82, 2.24) is 9.88 Å².